The fourth-order valence-electron chi connectivity index (χ4n) is 4.30. The minimum absolute atomic E-state index is 0.189. The molecule has 0 spiro atoms. The summed E-state index contributed by atoms with van der Waals surface area (Å²) in [5.41, 5.74) is 1.79. The Morgan fingerprint density at radius 1 is 1.03 bits per heavy atom. The molecule has 1 aliphatic heterocycles. The van der Waals surface area contributed by atoms with Crippen LogP contribution in [0.15, 0.2) is 57.5 Å². The van der Waals surface area contributed by atoms with Crippen molar-refractivity contribution >= 4 is 23.4 Å². The van der Waals surface area contributed by atoms with Crippen molar-refractivity contribution in [3.63, 3.8) is 0 Å². The summed E-state index contributed by atoms with van der Waals surface area (Å²) in [5.74, 6) is 1.53. The van der Waals surface area contributed by atoms with Crippen LogP contribution in [0.5, 0.6) is 23.0 Å². The number of fused-ring (bicyclic) bond motifs is 1. The maximum atomic E-state index is 13.8. The largest absolute Gasteiger partial charge is 0.493 e. The van der Waals surface area contributed by atoms with Crippen LogP contribution >= 0.6 is 11.3 Å². The molecule has 3 aromatic rings. The lowest BCUT2D eigenvalue weighted by atomic mass is 9.95. The van der Waals surface area contributed by atoms with Gasteiger partial charge >= 0.3 is 5.97 Å². The standard InChI is InChI=1S/C27H28N2O7S/c1-7-36-26(31)22-15(2)28-27-29(23(22)16-11-12-18(32-3)20(13-16)34-5)25(30)21(37-27)14-17-9-8-10-19(33-4)24(17)35-6/h8-14,23H,7H2,1-6H3/b21-14+/t23-/m0/s1. The Labute approximate surface area is 217 Å². The summed E-state index contributed by atoms with van der Waals surface area (Å²) in [6.07, 6.45) is 1.74. The number of para-hydroxylation sites is 1. The van der Waals surface area contributed by atoms with Gasteiger partial charge in [-0.25, -0.2) is 9.79 Å². The maximum Gasteiger partial charge on any atom is 0.338 e. The number of thiazole rings is 1. The number of rotatable bonds is 8. The van der Waals surface area contributed by atoms with Crippen LogP contribution in [0.4, 0.5) is 0 Å². The number of carbonyl (C=O) groups is 1. The van der Waals surface area contributed by atoms with Crippen LogP contribution < -0.4 is 33.8 Å². The monoisotopic (exact) mass is 524 g/mol. The van der Waals surface area contributed by atoms with E-state index < -0.39 is 12.0 Å². The Morgan fingerprint density at radius 3 is 2.41 bits per heavy atom. The molecule has 37 heavy (non-hydrogen) atoms. The van der Waals surface area contributed by atoms with Gasteiger partial charge in [-0.05, 0) is 43.7 Å². The Balaban J connectivity index is 1.99. The smallest absolute Gasteiger partial charge is 0.338 e. The van der Waals surface area contributed by atoms with E-state index in [2.05, 4.69) is 4.99 Å². The molecule has 0 radical (unpaired) electrons. The molecule has 1 aromatic heterocycles. The van der Waals surface area contributed by atoms with Crippen molar-refractivity contribution in [1.29, 1.82) is 0 Å². The van der Waals surface area contributed by atoms with Crippen LogP contribution in [-0.2, 0) is 9.53 Å². The van der Waals surface area contributed by atoms with Gasteiger partial charge in [-0.15, -0.1) is 0 Å². The highest BCUT2D eigenvalue weighted by molar-refractivity contribution is 7.07. The molecule has 9 nitrogen and oxygen atoms in total. The van der Waals surface area contributed by atoms with Gasteiger partial charge in [0.2, 0.25) is 0 Å². The summed E-state index contributed by atoms with van der Waals surface area (Å²) >= 11 is 1.23. The van der Waals surface area contributed by atoms with E-state index >= 15 is 0 Å². The van der Waals surface area contributed by atoms with E-state index in [1.807, 2.05) is 12.1 Å². The summed E-state index contributed by atoms with van der Waals surface area (Å²) in [5, 5.41) is 0. The summed E-state index contributed by atoms with van der Waals surface area (Å²) < 4.78 is 29.1. The van der Waals surface area contributed by atoms with Gasteiger partial charge in [-0.3, -0.25) is 9.36 Å². The molecule has 1 aliphatic rings. The zero-order valence-corrected chi connectivity index (χ0v) is 22.3. The van der Waals surface area contributed by atoms with Crippen molar-refractivity contribution in [2.45, 2.75) is 19.9 Å². The van der Waals surface area contributed by atoms with Gasteiger partial charge in [-0.2, -0.15) is 0 Å². The Kier molecular flexibility index (Phi) is 7.68. The summed E-state index contributed by atoms with van der Waals surface area (Å²) in [6.45, 7) is 3.66. The highest BCUT2D eigenvalue weighted by atomic mass is 32.1. The highest BCUT2D eigenvalue weighted by Gasteiger charge is 2.34. The number of ether oxygens (including phenoxy) is 5. The van der Waals surface area contributed by atoms with Crippen molar-refractivity contribution < 1.29 is 28.5 Å². The highest BCUT2D eigenvalue weighted by Crippen LogP contribution is 2.36. The number of allylic oxidation sites excluding steroid dienone is 1. The van der Waals surface area contributed by atoms with Gasteiger partial charge in [0.1, 0.15) is 0 Å². The molecule has 0 aliphatic carbocycles. The normalized spacial score (nSPS) is 15.1. The lowest BCUT2D eigenvalue weighted by molar-refractivity contribution is -0.139. The molecule has 2 heterocycles. The summed E-state index contributed by atoms with van der Waals surface area (Å²) in [6, 6.07) is 9.95. The van der Waals surface area contributed by atoms with Crippen LogP contribution in [0.2, 0.25) is 0 Å². The maximum absolute atomic E-state index is 13.8. The van der Waals surface area contributed by atoms with Crippen molar-refractivity contribution in [1.82, 2.24) is 4.57 Å². The molecule has 1 atom stereocenters. The van der Waals surface area contributed by atoms with Crippen LogP contribution in [-0.4, -0.2) is 45.6 Å². The second kappa shape index (κ2) is 10.9. The summed E-state index contributed by atoms with van der Waals surface area (Å²) in [4.78, 5) is 32.0. The molecule has 0 saturated carbocycles. The number of carbonyl (C=O) groups excluding carboxylic acids is 1. The molecule has 10 heteroatoms. The molecule has 0 N–H and O–H groups in total. The first-order chi connectivity index (χ1) is 17.9. The predicted molar refractivity (Wildman–Crippen MR) is 139 cm³/mol. The zero-order chi connectivity index (χ0) is 26.7. The summed E-state index contributed by atoms with van der Waals surface area (Å²) in [7, 11) is 6.17. The first kappa shape index (κ1) is 26.0. The minimum atomic E-state index is -0.774. The number of aromatic nitrogens is 1. The average molecular weight is 525 g/mol. The third kappa shape index (κ3) is 4.72. The molecule has 0 unspecified atom stereocenters. The number of methoxy groups -OCH3 is 4. The van der Waals surface area contributed by atoms with Crippen LogP contribution in [0, 0.1) is 0 Å². The third-order valence-corrected chi connectivity index (χ3v) is 6.94. The van der Waals surface area contributed by atoms with Gasteiger partial charge in [-0.1, -0.05) is 29.5 Å². The van der Waals surface area contributed by atoms with Crippen LogP contribution in [0.1, 0.15) is 31.0 Å². The van der Waals surface area contributed by atoms with E-state index in [0.29, 0.717) is 49.2 Å². The third-order valence-electron chi connectivity index (χ3n) is 5.96. The Hall–Kier alpha value is -4.05. The van der Waals surface area contributed by atoms with E-state index in [1.165, 1.54) is 23.0 Å². The van der Waals surface area contributed by atoms with Gasteiger partial charge < -0.3 is 23.7 Å². The quantitative estimate of drug-likeness (QED) is 0.418. The predicted octanol–water partition coefficient (Wildman–Crippen LogP) is 2.83. The Morgan fingerprint density at radius 2 is 1.76 bits per heavy atom. The molecular formula is C27H28N2O7S. The average Bonchev–Trinajstić information content (AvgIpc) is 3.21. The van der Waals surface area contributed by atoms with Crippen LogP contribution in [0.3, 0.4) is 0 Å². The second-order valence-electron chi connectivity index (χ2n) is 8.00. The number of esters is 1. The first-order valence-corrected chi connectivity index (χ1v) is 12.3. The number of hydrogen-bond acceptors (Lipinski definition) is 9. The SMILES string of the molecule is CCOC(=O)C1=C(C)N=c2s/c(=C/c3cccc(OC)c3OC)c(=O)n2[C@H]1c1ccc(OC)c(OC)c1. The second-order valence-corrected chi connectivity index (χ2v) is 9.01. The number of hydrogen-bond donors (Lipinski definition) is 0. The Bertz CT molecular complexity index is 1550. The lowest BCUT2D eigenvalue weighted by Crippen LogP contribution is -2.40. The topological polar surface area (TPSA) is 97.6 Å². The molecule has 4 rings (SSSR count). The molecule has 0 fully saturated rings. The van der Waals surface area contributed by atoms with E-state index in [9.17, 15) is 9.59 Å². The van der Waals surface area contributed by atoms with E-state index in [4.69, 9.17) is 23.7 Å². The fraction of sp³-hybridized carbons (Fsp3) is 0.296. The van der Waals surface area contributed by atoms with E-state index in [1.54, 1.807) is 65.5 Å². The van der Waals surface area contributed by atoms with Gasteiger partial charge in [0.15, 0.2) is 27.8 Å². The fourth-order valence-corrected chi connectivity index (χ4v) is 5.33. The van der Waals surface area contributed by atoms with Gasteiger partial charge in [0.25, 0.3) is 5.56 Å². The molecule has 0 saturated heterocycles. The molecular weight excluding hydrogens is 496 g/mol. The van der Waals surface area contributed by atoms with Crippen molar-refractivity contribution in [3.8, 4) is 23.0 Å². The van der Waals surface area contributed by atoms with E-state index in [0.717, 1.165) is 0 Å². The molecule has 0 amide bonds. The van der Waals surface area contributed by atoms with E-state index in [-0.39, 0.29) is 17.7 Å². The molecule has 0 bridgehead atoms. The number of benzene rings is 2. The van der Waals surface area contributed by atoms with Crippen LogP contribution in [0.25, 0.3) is 6.08 Å². The molecule has 194 valence electrons. The van der Waals surface area contributed by atoms with Crippen molar-refractivity contribution in [2.75, 3.05) is 35.0 Å². The van der Waals surface area contributed by atoms with Gasteiger partial charge in [0, 0.05) is 5.56 Å². The van der Waals surface area contributed by atoms with Crippen molar-refractivity contribution in [3.05, 3.63) is 78.5 Å². The minimum Gasteiger partial charge on any atom is -0.493 e. The van der Waals surface area contributed by atoms with Crippen molar-refractivity contribution in [2.24, 2.45) is 4.99 Å². The first-order valence-electron chi connectivity index (χ1n) is 11.5. The lowest BCUT2D eigenvalue weighted by Gasteiger charge is -2.25. The number of nitrogens with zero attached hydrogens (tertiary/aromatic N) is 2. The zero-order valence-electron chi connectivity index (χ0n) is 21.5. The molecule has 2 aromatic carbocycles. The van der Waals surface area contributed by atoms with Gasteiger partial charge in [0.05, 0.1) is 56.9 Å².